The largest absolute Gasteiger partial charge is 0.437 e. The van der Waals surface area contributed by atoms with Crippen LogP contribution in [0, 0.1) is 13.8 Å². The van der Waals surface area contributed by atoms with Crippen LogP contribution in [0.3, 0.4) is 0 Å². The first-order chi connectivity index (χ1) is 9.68. The van der Waals surface area contributed by atoms with E-state index < -0.39 is 0 Å². The first-order valence-electron chi connectivity index (χ1n) is 6.67. The Morgan fingerprint density at radius 1 is 1.05 bits per heavy atom. The number of aryl methyl sites for hydroxylation is 1. The average Bonchev–Trinajstić information content (AvgIpc) is 2.36. The van der Waals surface area contributed by atoms with Crippen LogP contribution < -0.4 is 4.74 Å². The fourth-order valence-electron chi connectivity index (χ4n) is 1.70. The molecule has 3 nitrogen and oxygen atoms in total. The smallest absolute Gasteiger partial charge is 0.227 e. The molecule has 0 spiro atoms. The van der Waals surface area contributed by atoms with Gasteiger partial charge in [0.2, 0.25) is 5.88 Å². The minimum atomic E-state index is -0.216. The molecule has 0 atom stereocenters. The van der Waals surface area contributed by atoms with E-state index >= 15 is 0 Å². The van der Waals surface area contributed by atoms with Crippen LogP contribution >= 0.6 is 23.2 Å². The van der Waals surface area contributed by atoms with Gasteiger partial charge in [-0.25, -0.2) is 4.98 Å². The summed E-state index contributed by atoms with van der Waals surface area (Å²) in [6, 6.07) is 5.60. The van der Waals surface area contributed by atoms with Gasteiger partial charge in [0, 0.05) is 11.0 Å². The Kier molecular flexibility index (Phi) is 4.45. The van der Waals surface area contributed by atoms with E-state index in [1.807, 2.05) is 52.8 Å². The van der Waals surface area contributed by atoms with E-state index in [4.69, 9.17) is 27.9 Å². The van der Waals surface area contributed by atoms with E-state index in [9.17, 15) is 0 Å². The molecule has 0 aliphatic rings. The zero-order valence-corrected chi connectivity index (χ0v) is 14.3. The molecule has 0 radical (unpaired) electrons. The lowest BCUT2D eigenvalue weighted by Gasteiger charge is -2.19. The second-order valence-electron chi connectivity index (χ2n) is 6.05. The molecule has 1 aromatic carbocycles. The highest BCUT2D eigenvalue weighted by molar-refractivity contribution is 6.32. The second-order valence-corrected chi connectivity index (χ2v) is 6.82. The molecule has 0 saturated carbocycles. The van der Waals surface area contributed by atoms with Crippen LogP contribution in [0.5, 0.6) is 11.6 Å². The topological polar surface area (TPSA) is 35.0 Å². The van der Waals surface area contributed by atoms with Crippen molar-refractivity contribution >= 4 is 23.2 Å². The van der Waals surface area contributed by atoms with Gasteiger partial charge >= 0.3 is 0 Å². The number of benzene rings is 1. The molecule has 2 rings (SSSR count). The van der Waals surface area contributed by atoms with Gasteiger partial charge in [-0.05, 0) is 31.5 Å². The highest BCUT2D eigenvalue weighted by atomic mass is 35.5. The van der Waals surface area contributed by atoms with Crippen LogP contribution in [0.25, 0.3) is 0 Å². The Morgan fingerprint density at radius 3 is 2.29 bits per heavy atom. The molecule has 0 N–H and O–H groups in total. The zero-order valence-electron chi connectivity index (χ0n) is 12.8. The monoisotopic (exact) mass is 324 g/mol. The molecular weight excluding hydrogens is 307 g/mol. The summed E-state index contributed by atoms with van der Waals surface area (Å²) in [7, 11) is 0. The van der Waals surface area contributed by atoms with E-state index in [-0.39, 0.29) is 5.41 Å². The fraction of sp³-hybridized carbons (Fsp3) is 0.375. The number of ether oxygens (including phenoxy) is 1. The summed E-state index contributed by atoms with van der Waals surface area (Å²) in [6.45, 7) is 9.87. The van der Waals surface area contributed by atoms with Gasteiger partial charge in [0.25, 0.3) is 0 Å². The number of rotatable bonds is 2. The molecule has 0 saturated heterocycles. The molecule has 0 aliphatic heterocycles. The zero-order chi connectivity index (χ0) is 15.8. The van der Waals surface area contributed by atoms with Crippen LogP contribution in [0.2, 0.25) is 10.2 Å². The van der Waals surface area contributed by atoms with Gasteiger partial charge in [0.15, 0.2) is 0 Å². The Bertz CT molecular complexity index is 679. The third kappa shape index (κ3) is 3.66. The highest BCUT2D eigenvalue weighted by Crippen LogP contribution is 2.33. The Labute approximate surface area is 135 Å². The molecule has 0 fully saturated rings. The number of halogens is 2. The third-order valence-electron chi connectivity index (χ3n) is 3.01. The predicted octanol–water partition coefficient (Wildman–Crippen LogP) is 5.49. The van der Waals surface area contributed by atoms with Crippen LogP contribution in [-0.2, 0) is 5.41 Å². The SMILES string of the molecule is Cc1ccc(Oc2nc(C(C)(C)C)nc(Cl)c2C)c(Cl)c1. The lowest BCUT2D eigenvalue weighted by atomic mass is 9.96. The average molecular weight is 325 g/mol. The van der Waals surface area contributed by atoms with Gasteiger partial charge in [-0.15, -0.1) is 0 Å². The van der Waals surface area contributed by atoms with Crippen molar-refractivity contribution in [2.24, 2.45) is 0 Å². The molecule has 5 heteroatoms. The van der Waals surface area contributed by atoms with E-state index in [0.29, 0.717) is 33.2 Å². The Hall–Kier alpha value is -1.32. The maximum atomic E-state index is 6.20. The number of nitrogens with zero attached hydrogens (tertiary/aromatic N) is 2. The first-order valence-corrected chi connectivity index (χ1v) is 7.42. The van der Waals surface area contributed by atoms with Crippen molar-refractivity contribution in [2.75, 3.05) is 0 Å². The lowest BCUT2D eigenvalue weighted by Crippen LogP contribution is -2.17. The van der Waals surface area contributed by atoms with Crippen molar-refractivity contribution in [3.8, 4) is 11.6 Å². The molecule has 2 aromatic rings. The number of hydrogen-bond acceptors (Lipinski definition) is 3. The molecule has 0 amide bonds. The molecule has 0 aliphatic carbocycles. The molecular formula is C16H18Cl2N2O. The molecule has 0 unspecified atom stereocenters. The van der Waals surface area contributed by atoms with Crippen LogP contribution in [0.15, 0.2) is 18.2 Å². The molecule has 1 aromatic heterocycles. The van der Waals surface area contributed by atoms with Crippen LogP contribution in [-0.4, -0.2) is 9.97 Å². The number of hydrogen-bond donors (Lipinski definition) is 0. The van der Waals surface area contributed by atoms with Gasteiger partial charge < -0.3 is 4.74 Å². The van der Waals surface area contributed by atoms with Gasteiger partial charge in [0.1, 0.15) is 16.7 Å². The Balaban J connectivity index is 2.46. The van der Waals surface area contributed by atoms with Gasteiger partial charge in [-0.3, -0.25) is 0 Å². The minimum absolute atomic E-state index is 0.216. The predicted molar refractivity (Wildman–Crippen MR) is 86.7 cm³/mol. The maximum absolute atomic E-state index is 6.20. The number of aromatic nitrogens is 2. The van der Waals surface area contributed by atoms with E-state index in [0.717, 1.165) is 5.56 Å². The van der Waals surface area contributed by atoms with Crippen molar-refractivity contribution in [1.82, 2.24) is 9.97 Å². The van der Waals surface area contributed by atoms with Crippen molar-refractivity contribution in [1.29, 1.82) is 0 Å². The van der Waals surface area contributed by atoms with Crippen molar-refractivity contribution in [3.63, 3.8) is 0 Å². The summed E-state index contributed by atoms with van der Waals surface area (Å²) in [5.41, 5.74) is 1.55. The summed E-state index contributed by atoms with van der Waals surface area (Å²) < 4.78 is 5.84. The molecule has 0 bridgehead atoms. The summed E-state index contributed by atoms with van der Waals surface area (Å²) in [5.74, 6) is 1.63. The summed E-state index contributed by atoms with van der Waals surface area (Å²) in [5, 5.41) is 0.939. The second kappa shape index (κ2) is 5.82. The lowest BCUT2D eigenvalue weighted by molar-refractivity contribution is 0.442. The summed E-state index contributed by atoms with van der Waals surface area (Å²) >= 11 is 12.4. The minimum Gasteiger partial charge on any atom is -0.437 e. The van der Waals surface area contributed by atoms with Gasteiger partial charge in [-0.2, -0.15) is 4.98 Å². The van der Waals surface area contributed by atoms with Gasteiger partial charge in [-0.1, -0.05) is 50.0 Å². The molecule has 1 heterocycles. The van der Waals surface area contributed by atoms with Crippen molar-refractivity contribution < 1.29 is 4.74 Å². The van der Waals surface area contributed by atoms with Crippen LogP contribution in [0.1, 0.15) is 37.7 Å². The van der Waals surface area contributed by atoms with E-state index in [2.05, 4.69) is 9.97 Å². The summed E-state index contributed by atoms with van der Waals surface area (Å²) in [4.78, 5) is 8.81. The summed E-state index contributed by atoms with van der Waals surface area (Å²) in [6.07, 6.45) is 0. The first kappa shape index (κ1) is 16.1. The highest BCUT2D eigenvalue weighted by Gasteiger charge is 2.21. The van der Waals surface area contributed by atoms with Crippen molar-refractivity contribution in [2.45, 2.75) is 40.0 Å². The molecule has 112 valence electrons. The quantitative estimate of drug-likeness (QED) is 0.685. The Morgan fingerprint density at radius 2 is 1.71 bits per heavy atom. The van der Waals surface area contributed by atoms with Crippen molar-refractivity contribution in [3.05, 3.63) is 45.3 Å². The fourth-order valence-corrected chi connectivity index (χ4v) is 2.13. The third-order valence-corrected chi connectivity index (χ3v) is 3.67. The maximum Gasteiger partial charge on any atom is 0.227 e. The van der Waals surface area contributed by atoms with Gasteiger partial charge in [0.05, 0.1) is 5.02 Å². The normalized spacial score (nSPS) is 11.6. The van der Waals surface area contributed by atoms with E-state index in [1.165, 1.54) is 0 Å². The molecule has 21 heavy (non-hydrogen) atoms. The van der Waals surface area contributed by atoms with Crippen LogP contribution in [0.4, 0.5) is 0 Å². The van der Waals surface area contributed by atoms with E-state index in [1.54, 1.807) is 0 Å². The standard InChI is InChI=1S/C16H18Cl2N2O/c1-9-6-7-12(11(17)8-9)21-14-10(2)13(18)19-15(20-14)16(3,4)5/h6-8H,1-5H3.